The van der Waals surface area contributed by atoms with E-state index in [2.05, 4.69) is 0 Å². The van der Waals surface area contributed by atoms with Gasteiger partial charge in [-0.05, 0) is 48.2 Å². The Labute approximate surface area is 141 Å². The van der Waals surface area contributed by atoms with Crippen molar-refractivity contribution < 1.29 is 24.5 Å². The van der Waals surface area contributed by atoms with Crippen LogP contribution in [0, 0.1) is 0 Å². The summed E-state index contributed by atoms with van der Waals surface area (Å²) in [5.41, 5.74) is 2.51. The molecule has 0 aliphatic carbocycles. The van der Waals surface area contributed by atoms with Crippen LogP contribution in [0.1, 0.15) is 27.0 Å². The molecule has 0 fully saturated rings. The molecule has 5 nitrogen and oxygen atoms in total. The minimum atomic E-state index is -0.171. The van der Waals surface area contributed by atoms with E-state index < -0.39 is 0 Å². The Kier molecular flexibility index (Phi) is 6.35. The third kappa shape index (κ3) is 3.93. The van der Waals surface area contributed by atoms with Gasteiger partial charge in [0.1, 0.15) is 11.5 Å². The van der Waals surface area contributed by atoms with Crippen molar-refractivity contribution in [2.24, 2.45) is 0 Å². The fourth-order valence-corrected chi connectivity index (χ4v) is 2.69. The first-order chi connectivity index (χ1) is 11.6. The van der Waals surface area contributed by atoms with Gasteiger partial charge in [-0.3, -0.25) is 4.79 Å². The van der Waals surface area contributed by atoms with Gasteiger partial charge in [-0.25, -0.2) is 0 Å². The highest BCUT2D eigenvalue weighted by molar-refractivity contribution is 6.10. The summed E-state index contributed by atoms with van der Waals surface area (Å²) in [4.78, 5) is 13.0. The second-order valence-corrected chi connectivity index (χ2v) is 5.32. The van der Waals surface area contributed by atoms with Crippen LogP contribution in [0.3, 0.4) is 0 Å². The number of benzene rings is 2. The second-order valence-electron chi connectivity index (χ2n) is 5.32. The minimum Gasteiger partial charge on any atom is -0.497 e. The molecular weight excluding hydrogens is 308 g/mol. The summed E-state index contributed by atoms with van der Waals surface area (Å²) in [6.07, 6.45) is 0.731. The van der Waals surface area contributed by atoms with Crippen LogP contribution in [-0.2, 0) is 12.8 Å². The minimum absolute atomic E-state index is 0.0433. The van der Waals surface area contributed by atoms with Crippen molar-refractivity contribution in [2.45, 2.75) is 12.8 Å². The fraction of sp³-hybridized carbons (Fsp3) is 0.316. The number of hydrogen-bond acceptors (Lipinski definition) is 5. The van der Waals surface area contributed by atoms with E-state index in [1.807, 2.05) is 0 Å². The molecule has 0 saturated heterocycles. The number of aliphatic hydroxyl groups is 2. The van der Waals surface area contributed by atoms with Crippen molar-refractivity contribution in [1.29, 1.82) is 0 Å². The number of carbonyl (C=O) groups excluding carboxylic acids is 1. The number of hydrogen-bond donors (Lipinski definition) is 2. The van der Waals surface area contributed by atoms with E-state index in [0.717, 1.165) is 11.1 Å². The number of ether oxygens (including phenoxy) is 2. The number of methoxy groups -OCH3 is 2. The number of aliphatic hydroxyl groups excluding tert-OH is 2. The lowest BCUT2D eigenvalue weighted by Crippen LogP contribution is -2.11. The largest absolute Gasteiger partial charge is 0.497 e. The molecule has 0 unspecified atom stereocenters. The molecule has 2 aromatic carbocycles. The van der Waals surface area contributed by atoms with Crippen molar-refractivity contribution in [3.05, 3.63) is 58.7 Å². The van der Waals surface area contributed by atoms with Gasteiger partial charge < -0.3 is 19.7 Å². The van der Waals surface area contributed by atoms with Crippen LogP contribution >= 0.6 is 0 Å². The standard InChI is InChI=1S/C19H22O5/c1-23-15-5-3-4-14(11-15)19(22)18-12-16(24-2)10-13(6-8-20)17(18)7-9-21/h3-5,10-12,20-21H,6-9H2,1-2H3. The van der Waals surface area contributed by atoms with Crippen LogP contribution in [0.15, 0.2) is 36.4 Å². The lowest BCUT2D eigenvalue weighted by atomic mass is 9.91. The normalized spacial score (nSPS) is 10.5. The predicted molar refractivity (Wildman–Crippen MR) is 91.0 cm³/mol. The molecule has 0 spiro atoms. The van der Waals surface area contributed by atoms with E-state index in [1.54, 1.807) is 43.5 Å². The molecule has 0 atom stereocenters. The van der Waals surface area contributed by atoms with Gasteiger partial charge in [-0.2, -0.15) is 0 Å². The van der Waals surface area contributed by atoms with Crippen molar-refractivity contribution in [3.8, 4) is 11.5 Å². The second kappa shape index (κ2) is 8.47. The molecule has 0 aliphatic rings. The lowest BCUT2D eigenvalue weighted by Gasteiger charge is -2.16. The molecular formula is C19H22O5. The van der Waals surface area contributed by atoms with Gasteiger partial charge in [0.05, 0.1) is 14.2 Å². The molecule has 128 valence electrons. The molecule has 0 radical (unpaired) electrons. The maximum Gasteiger partial charge on any atom is 0.193 e. The van der Waals surface area contributed by atoms with Crippen LogP contribution in [-0.4, -0.2) is 43.4 Å². The Balaban J connectivity index is 2.56. The van der Waals surface area contributed by atoms with Crippen molar-refractivity contribution in [3.63, 3.8) is 0 Å². The van der Waals surface area contributed by atoms with Crippen LogP contribution < -0.4 is 9.47 Å². The van der Waals surface area contributed by atoms with Gasteiger partial charge in [0, 0.05) is 24.3 Å². The molecule has 2 aromatic rings. The summed E-state index contributed by atoms with van der Waals surface area (Å²) in [6.45, 7) is -0.123. The zero-order chi connectivity index (χ0) is 17.5. The SMILES string of the molecule is COc1cccc(C(=O)c2cc(OC)cc(CCO)c2CCO)c1. The molecule has 5 heteroatoms. The summed E-state index contributed by atoms with van der Waals surface area (Å²) in [6, 6.07) is 10.4. The molecule has 0 saturated carbocycles. The van der Waals surface area contributed by atoms with E-state index in [4.69, 9.17) is 9.47 Å². The summed E-state index contributed by atoms with van der Waals surface area (Å²) in [7, 11) is 3.08. The summed E-state index contributed by atoms with van der Waals surface area (Å²) < 4.78 is 10.5. The molecule has 2 rings (SSSR count). The van der Waals surface area contributed by atoms with Crippen molar-refractivity contribution in [1.82, 2.24) is 0 Å². The Hall–Kier alpha value is -2.37. The number of carbonyl (C=O) groups is 1. The van der Waals surface area contributed by atoms with Gasteiger partial charge in [-0.15, -0.1) is 0 Å². The van der Waals surface area contributed by atoms with Gasteiger partial charge >= 0.3 is 0 Å². The van der Waals surface area contributed by atoms with Gasteiger partial charge in [0.25, 0.3) is 0 Å². The smallest absolute Gasteiger partial charge is 0.193 e. The maximum atomic E-state index is 13.0. The Morgan fingerprint density at radius 3 is 2.29 bits per heavy atom. The van der Waals surface area contributed by atoms with Crippen LogP contribution in [0.5, 0.6) is 11.5 Å². The summed E-state index contributed by atoms with van der Waals surface area (Å²) in [5.74, 6) is 0.977. The van der Waals surface area contributed by atoms with Crippen LogP contribution in [0.4, 0.5) is 0 Å². The average Bonchev–Trinajstić information content (AvgIpc) is 2.62. The predicted octanol–water partition coefficient (Wildman–Crippen LogP) is 2.00. The topological polar surface area (TPSA) is 76.0 Å². The lowest BCUT2D eigenvalue weighted by molar-refractivity contribution is 0.103. The highest BCUT2D eigenvalue weighted by atomic mass is 16.5. The van der Waals surface area contributed by atoms with Gasteiger partial charge in [0.2, 0.25) is 0 Å². The van der Waals surface area contributed by atoms with E-state index in [9.17, 15) is 15.0 Å². The van der Waals surface area contributed by atoms with Gasteiger partial charge in [-0.1, -0.05) is 12.1 Å². The number of ketones is 1. The Bertz CT molecular complexity index is 709. The third-order valence-electron chi connectivity index (χ3n) is 3.87. The summed E-state index contributed by atoms with van der Waals surface area (Å²) >= 11 is 0. The zero-order valence-electron chi connectivity index (χ0n) is 13.9. The highest BCUT2D eigenvalue weighted by Crippen LogP contribution is 2.27. The van der Waals surface area contributed by atoms with Crippen molar-refractivity contribution in [2.75, 3.05) is 27.4 Å². The first kappa shape index (κ1) is 18.0. The fourth-order valence-electron chi connectivity index (χ4n) is 2.69. The first-order valence-electron chi connectivity index (χ1n) is 7.74. The maximum absolute atomic E-state index is 13.0. The van der Waals surface area contributed by atoms with E-state index in [0.29, 0.717) is 35.5 Å². The molecule has 0 bridgehead atoms. The van der Waals surface area contributed by atoms with Crippen LogP contribution in [0.2, 0.25) is 0 Å². The molecule has 0 aliphatic heterocycles. The summed E-state index contributed by atoms with van der Waals surface area (Å²) in [5, 5.41) is 18.7. The third-order valence-corrected chi connectivity index (χ3v) is 3.87. The van der Waals surface area contributed by atoms with Gasteiger partial charge in [0.15, 0.2) is 5.78 Å². The van der Waals surface area contributed by atoms with E-state index in [-0.39, 0.29) is 19.0 Å². The molecule has 24 heavy (non-hydrogen) atoms. The molecule has 0 aromatic heterocycles. The molecule has 0 amide bonds. The van der Waals surface area contributed by atoms with Crippen molar-refractivity contribution >= 4 is 5.78 Å². The number of rotatable bonds is 8. The monoisotopic (exact) mass is 330 g/mol. The Morgan fingerprint density at radius 1 is 0.958 bits per heavy atom. The zero-order valence-corrected chi connectivity index (χ0v) is 13.9. The first-order valence-corrected chi connectivity index (χ1v) is 7.74. The van der Waals surface area contributed by atoms with E-state index >= 15 is 0 Å². The average molecular weight is 330 g/mol. The molecule has 2 N–H and O–H groups in total. The quantitative estimate of drug-likeness (QED) is 0.724. The molecule has 0 heterocycles. The highest BCUT2D eigenvalue weighted by Gasteiger charge is 2.19. The Morgan fingerprint density at radius 2 is 1.67 bits per heavy atom. The van der Waals surface area contributed by atoms with E-state index in [1.165, 1.54) is 7.11 Å². The van der Waals surface area contributed by atoms with Crippen LogP contribution in [0.25, 0.3) is 0 Å².